The van der Waals surface area contributed by atoms with Crippen LogP contribution in [0, 0.1) is 20.8 Å². The Labute approximate surface area is 136 Å². The molecule has 0 radical (unpaired) electrons. The molecule has 0 aliphatic heterocycles. The summed E-state index contributed by atoms with van der Waals surface area (Å²) >= 11 is 2.75. The van der Waals surface area contributed by atoms with Crippen LogP contribution in [0.25, 0.3) is 11.3 Å². The molecule has 2 aromatic heterocycles. The van der Waals surface area contributed by atoms with Gasteiger partial charge in [0.1, 0.15) is 4.88 Å². The van der Waals surface area contributed by atoms with Crippen molar-refractivity contribution >= 4 is 33.7 Å². The average molecular weight is 329 g/mol. The second-order valence-electron chi connectivity index (χ2n) is 5.13. The van der Waals surface area contributed by atoms with Crippen molar-refractivity contribution in [1.82, 2.24) is 9.97 Å². The standard InChI is InChI=1S/C16H15N3OS2/c1-9-4-10(2)14(11(3)5-9)12-7-21-16(18-12)19-15(20)13-6-17-8-22-13/h4-8H,1-3H3,(H,18,19,20). The van der Waals surface area contributed by atoms with Gasteiger partial charge in [0.15, 0.2) is 5.13 Å². The lowest BCUT2D eigenvalue weighted by Gasteiger charge is -2.08. The van der Waals surface area contributed by atoms with Crippen LogP contribution in [-0.4, -0.2) is 15.9 Å². The van der Waals surface area contributed by atoms with Gasteiger partial charge in [0, 0.05) is 10.9 Å². The number of carbonyl (C=O) groups is 1. The maximum absolute atomic E-state index is 12.0. The number of anilines is 1. The van der Waals surface area contributed by atoms with Gasteiger partial charge in [-0.15, -0.1) is 22.7 Å². The Hall–Kier alpha value is -2.05. The van der Waals surface area contributed by atoms with Crippen LogP contribution in [-0.2, 0) is 0 Å². The fraction of sp³-hybridized carbons (Fsp3) is 0.188. The number of benzene rings is 1. The summed E-state index contributed by atoms with van der Waals surface area (Å²) in [4.78, 5) is 21.1. The van der Waals surface area contributed by atoms with Gasteiger partial charge < -0.3 is 0 Å². The SMILES string of the molecule is Cc1cc(C)c(-c2csc(NC(=O)c3cncs3)n2)c(C)c1. The zero-order valence-corrected chi connectivity index (χ0v) is 14.1. The van der Waals surface area contributed by atoms with E-state index in [0.29, 0.717) is 10.0 Å². The highest BCUT2D eigenvalue weighted by atomic mass is 32.1. The van der Waals surface area contributed by atoms with Gasteiger partial charge in [-0.25, -0.2) is 4.98 Å². The predicted octanol–water partition coefficient (Wildman–Crippen LogP) is 4.44. The van der Waals surface area contributed by atoms with Gasteiger partial charge in [-0.05, 0) is 31.9 Å². The normalized spacial score (nSPS) is 10.7. The Morgan fingerprint density at radius 1 is 1.14 bits per heavy atom. The van der Waals surface area contributed by atoms with E-state index in [2.05, 4.69) is 48.2 Å². The molecule has 6 heteroatoms. The van der Waals surface area contributed by atoms with Crippen molar-refractivity contribution < 1.29 is 4.79 Å². The molecule has 112 valence electrons. The largest absolute Gasteiger partial charge is 0.297 e. The molecule has 3 aromatic rings. The molecule has 0 aliphatic carbocycles. The maximum Gasteiger partial charge on any atom is 0.269 e. The number of carbonyl (C=O) groups excluding carboxylic acids is 1. The van der Waals surface area contributed by atoms with Crippen molar-refractivity contribution in [2.45, 2.75) is 20.8 Å². The van der Waals surface area contributed by atoms with Gasteiger partial charge in [0.2, 0.25) is 0 Å². The van der Waals surface area contributed by atoms with E-state index in [9.17, 15) is 4.79 Å². The lowest BCUT2D eigenvalue weighted by molar-refractivity contribution is 0.103. The first kappa shape index (κ1) is 14.9. The number of thiazole rings is 2. The monoisotopic (exact) mass is 329 g/mol. The highest BCUT2D eigenvalue weighted by Crippen LogP contribution is 2.31. The number of hydrogen-bond donors (Lipinski definition) is 1. The zero-order valence-electron chi connectivity index (χ0n) is 12.5. The minimum absolute atomic E-state index is 0.166. The molecule has 22 heavy (non-hydrogen) atoms. The van der Waals surface area contributed by atoms with E-state index in [1.54, 1.807) is 11.7 Å². The van der Waals surface area contributed by atoms with Crippen LogP contribution in [0.1, 0.15) is 26.4 Å². The smallest absolute Gasteiger partial charge is 0.269 e. The van der Waals surface area contributed by atoms with Crippen LogP contribution in [0.15, 0.2) is 29.2 Å². The van der Waals surface area contributed by atoms with Crippen LogP contribution in [0.4, 0.5) is 5.13 Å². The number of nitrogens with zero attached hydrogens (tertiary/aromatic N) is 2. The van der Waals surface area contributed by atoms with E-state index < -0.39 is 0 Å². The first-order chi connectivity index (χ1) is 10.5. The molecular formula is C16H15N3OS2. The van der Waals surface area contributed by atoms with Crippen LogP contribution >= 0.6 is 22.7 Å². The molecule has 0 bridgehead atoms. The van der Waals surface area contributed by atoms with Gasteiger partial charge in [-0.2, -0.15) is 0 Å². The fourth-order valence-electron chi connectivity index (χ4n) is 2.52. The fourth-order valence-corrected chi connectivity index (χ4v) is 3.73. The van der Waals surface area contributed by atoms with Crippen LogP contribution in [0.2, 0.25) is 0 Å². The lowest BCUT2D eigenvalue weighted by Crippen LogP contribution is -2.09. The van der Waals surface area contributed by atoms with Crippen LogP contribution < -0.4 is 5.32 Å². The summed E-state index contributed by atoms with van der Waals surface area (Å²) < 4.78 is 0. The van der Waals surface area contributed by atoms with Gasteiger partial charge in [-0.3, -0.25) is 15.1 Å². The first-order valence-electron chi connectivity index (χ1n) is 6.78. The van der Waals surface area contributed by atoms with Gasteiger partial charge in [-0.1, -0.05) is 17.7 Å². The van der Waals surface area contributed by atoms with Gasteiger partial charge >= 0.3 is 0 Å². The molecular weight excluding hydrogens is 314 g/mol. The predicted molar refractivity (Wildman–Crippen MR) is 91.8 cm³/mol. The highest BCUT2D eigenvalue weighted by molar-refractivity contribution is 7.14. The minimum atomic E-state index is -0.166. The van der Waals surface area contributed by atoms with E-state index in [4.69, 9.17) is 0 Å². The summed E-state index contributed by atoms with van der Waals surface area (Å²) in [6.45, 7) is 6.26. The summed E-state index contributed by atoms with van der Waals surface area (Å²) in [6.07, 6.45) is 1.56. The third kappa shape index (κ3) is 2.93. The minimum Gasteiger partial charge on any atom is -0.297 e. The molecule has 0 atom stereocenters. The first-order valence-corrected chi connectivity index (χ1v) is 8.54. The Balaban J connectivity index is 1.87. The molecule has 0 saturated heterocycles. The molecule has 3 rings (SSSR count). The van der Waals surface area contributed by atoms with E-state index >= 15 is 0 Å². The van der Waals surface area contributed by atoms with Crippen LogP contribution in [0.3, 0.4) is 0 Å². The number of aromatic nitrogens is 2. The van der Waals surface area contributed by atoms with Crippen molar-refractivity contribution in [3.8, 4) is 11.3 Å². The molecule has 0 aliphatic rings. The summed E-state index contributed by atoms with van der Waals surface area (Å²) in [5, 5.41) is 5.41. The summed E-state index contributed by atoms with van der Waals surface area (Å²) in [5.41, 5.74) is 7.32. The van der Waals surface area contributed by atoms with Crippen molar-refractivity contribution in [3.05, 3.63) is 50.8 Å². The number of nitrogens with one attached hydrogen (secondary N) is 1. The summed E-state index contributed by atoms with van der Waals surface area (Å²) in [5.74, 6) is -0.166. The van der Waals surface area contributed by atoms with Crippen LogP contribution in [0.5, 0.6) is 0 Å². The number of rotatable bonds is 3. The molecule has 0 saturated carbocycles. The Kier molecular flexibility index (Phi) is 4.04. The molecule has 0 fully saturated rings. The molecule has 1 N–H and O–H groups in total. The molecule has 4 nitrogen and oxygen atoms in total. The number of aryl methyl sites for hydroxylation is 3. The lowest BCUT2D eigenvalue weighted by atomic mass is 9.98. The van der Waals surface area contributed by atoms with E-state index in [0.717, 1.165) is 11.3 Å². The molecule has 0 unspecified atom stereocenters. The van der Waals surface area contributed by atoms with Gasteiger partial charge in [0.05, 0.1) is 17.4 Å². The maximum atomic E-state index is 12.0. The average Bonchev–Trinajstić information content (AvgIpc) is 3.08. The topological polar surface area (TPSA) is 54.9 Å². The summed E-state index contributed by atoms with van der Waals surface area (Å²) in [7, 11) is 0. The highest BCUT2D eigenvalue weighted by Gasteiger charge is 2.13. The molecule has 2 heterocycles. The van der Waals surface area contributed by atoms with Crippen molar-refractivity contribution in [3.63, 3.8) is 0 Å². The third-order valence-electron chi connectivity index (χ3n) is 3.31. The van der Waals surface area contributed by atoms with Crippen molar-refractivity contribution in [1.29, 1.82) is 0 Å². The number of hydrogen-bond acceptors (Lipinski definition) is 5. The molecule has 0 spiro atoms. The molecule has 1 aromatic carbocycles. The van der Waals surface area contributed by atoms with Gasteiger partial charge in [0.25, 0.3) is 5.91 Å². The quantitative estimate of drug-likeness (QED) is 0.772. The number of amides is 1. The van der Waals surface area contributed by atoms with E-state index in [-0.39, 0.29) is 5.91 Å². The summed E-state index contributed by atoms with van der Waals surface area (Å²) in [6, 6.07) is 4.30. The van der Waals surface area contributed by atoms with E-state index in [1.807, 2.05) is 5.38 Å². The van der Waals surface area contributed by atoms with E-state index in [1.165, 1.54) is 39.4 Å². The second kappa shape index (κ2) is 5.98. The zero-order chi connectivity index (χ0) is 15.7. The Morgan fingerprint density at radius 2 is 1.86 bits per heavy atom. The molecule has 1 amide bonds. The third-order valence-corrected chi connectivity index (χ3v) is 4.84. The van der Waals surface area contributed by atoms with Crippen molar-refractivity contribution in [2.24, 2.45) is 0 Å². The second-order valence-corrected chi connectivity index (χ2v) is 6.88. The Morgan fingerprint density at radius 3 is 2.50 bits per heavy atom. The Bertz CT molecular complexity index is 799. The van der Waals surface area contributed by atoms with Crippen molar-refractivity contribution in [2.75, 3.05) is 5.32 Å².